The van der Waals surface area contributed by atoms with Crippen LogP contribution in [0.5, 0.6) is 0 Å². The fourth-order valence-electron chi connectivity index (χ4n) is 2.53. The van der Waals surface area contributed by atoms with Crippen molar-refractivity contribution in [3.63, 3.8) is 0 Å². The molecule has 6 nitrogen and oxygen atoms in total. The first kappa shape index (κ1) is 23.6. The van der Waals surface area contributed by atoms with Crippen LogP contribution in [0.3, 0.4) is 0 Å². The zero-order valence-electron chi connectivity index (χ0n) is 15.4. The second-order valence-electron chi connectivity index (χ2n) is 5.83. The maximum absolute atomic E-state index is 12.6. The minimum atomic E-state index is -3.64. The second-order valence-corrected chi connectivity index (χ2v) is 8.73. The Hall–Kier alpha value is -1.45. The van der Waals surface area contributed by atoms with Crippen molar-refractivity contribution in [3.05, 3.63) is 45.6 Å². The van der Waals surface area contributed by atoms with Crippen LogP contribution >= 0.6 is 23.7 Å². The van der Waals surface area contributed by atoms with Crippen LogP contribution in [0.15, 0.2) is 35.2 Å². The summed E-state index contributed by atoms with van der Waals surface area (Å²) in [5, 5.41) is 2.79. The van der Waals surface area contributed by atoms with Crippen molar-refractivity contribution in [1.82, 2.24) is 4.72 Å². The second kappa shape index (κ2) is 10.8. The number of benzene rings is 1. The summed E-state index contributed by atoms with van der Waals surface area (Å²) in [5.74, 6) is -0.225. The average Bonchev–Trinajstić information content (AvgIpc) is 3.04. The number of thiophene rings is 1. The summed E-state index contributed by atoms with van der Waals surface area (Å²) < 4.78 is 26.8. The molecule has 0 fully saturated rings. The first-order chi connectivity index (χ1) is 12.4. The summed E-state index contributed by atoms with van der Waals surface area (Å²) in [6, 6.07) is 8.11. The van der Waals surface area contributed by atoms with Gasteiger partial charge in [-0.25, -0.2) is 13.1 Å². The SMILES string of the molecule is CCCc1sc(C(=O)Nc2cccc(S(=O)(=O)NCCN)c2)cc1CC.Cl. The predicted octanol–water partition coefficient (Wildman–Crippen LogP) is 3.17. The third kappa shape index (κ3) is 6.29. The van der Waals surface area contributed by atoms with Gasteiger partial charge in [0.15, 0.2) is 0 Å². The summed E-state index contributed by atoms with van der Waals surface area (Å²) >= 11 is 1.50. The Morgan fingerprint density at radius 3 is 2.59 bits per heavy atom. The molecule has 1 aromatic carbocycles. The van der Waals surface area contributed by atoms with E-state index in [1.54, 1.807) is 12.1 Å². The molecular formula is C18H26ClN3O3S2. The van der Waals surface area contributed by atoms with E-state index in [-0.39, 0.29) is 36.3 Å². The highest BCUT2D eigenvalue weighted by atomic mass is 35.5. The molecule has 0 saturated carbocycles. The average molecular weight is 432 g/mol. The molecule has 0 atom stereocenters. The van der Waals surface area contributed by atoms with E-state index in [0.717, 1.165) is 19.3 Å². The zero-order chi connectivity index (χ0) is 19.2. The number of nitrogens with one attached hydrogen (secondary N) is 2. The van der Waals surface area contributed by atoms with Crippen molar-refractivity contribution in [1.29, 1.82) is 0 Å². The number of anilines is 1. The van der Waals surface area contributed by atoms with Gasteiger partial charge in [0.05, 0.1) is 9.77 Å². The lowest BCUT2D eigenvalue weighted by molar-refractivity contribution is 0.103. The van der Waals surface area contributed by atoms with Gasteiger partial charge in [-0.05, 0) is 42.7 Å². The van der Waals surface area contributed by atoms with Crippen LogP contribution in [0, 0.1) is 0 Å². The predicted molar refractivity (Wildman–Crippen MR) is 114 cm³/mol. The van der Waals surface area contributed by atoms with E-state index in [1.807, 2.05) is 6.07 Å². The number of halogens is 1. The molecule has 0 aliphatic carbocycles. The van der Waals surface area contributed by atoms with E-state index < -0.39 is 10.0 Å². The van der Waals surface area contributed by atoms with E-state index in [2.05, 4.69) is 23.9 Å². The molecule has 0 unspecified atom stereocenters. The third-order valence-electron chi connectivity index (χ3n) is 3.82. The Morgan fingerprint density at radius 1 is 1.22 bits per heavy atom. The van der Waals surface area contributed by atoms with Gasteiger partial charge in [-0.3, -0.25) is 4.79 Å². The van der Waals surface area contributed by atoms with Gasteiger partial charge in [0.1, 0.15) is 0 Å². The van der Waals surface area contributed by atoms with Crippen LogP contribution in [-0.4, -0.2) is 27.4 Å². The van der Waals surface area contributed by atoms with Crippen LogP contribution in [0.25, 0.3) is 0 Å². The monoisotopic (exact) mass is 431 g/mol. The molecule has 2 rings (SSSR count). The molecule has 4 N–H and O–H groups in total. The van der Waals surface area contributed by atoms with Gasteiger partial charge < -0.3 is 11.1 Å². The molecule has 1 aromatic heterocycles. The zero-order valence-corrected chi connectivity index (χ0v) is 17.9. The Bertz CT molecular complexity index is 866. The highest BCUT2D eigenvalue weighted by Crippen LogP contribution is 2.26. The third-order valence-corrected chi connectivity index (χ3v) is 6.51. The maximum atomic E-state index is 12.6. The lowest BCUT2D eigenvalue weighted by atomic mass is 10.1. The molecule has 0 bridgehead atoms. The van der Waals surface area contributed by atoms with Gasteiger partial charge >= 0.3 is 0 Å². The van der Waals surface area contributed by atoms with E-state index in [0.29, 0.717) is 10.6 Å². The summed E-state index contributed by atoms with van der Waals surface area (Å²) in [6.07, 6.45) is 2.88. The minimum Gasteiger partial charge on any atom is -0.329 e. The van der Waals surface area contributed by atoms with E-state index in [9.17, 15) is 13.2 Å². The Morgan fingerprint density at radius 2 is 1.96 bits per heavy atom. The number of aryl methyl sites for hydroxylation is 2. The smallest absolute Gasteiger partial charge is 0.265 e. The van der Waals surface area contributed by atoms with Crippen molar-refractivity contribution < 1.29 is 13.2 Å². The maximum Gasteiger partial charge on any atom is 0.265 e. The van der Waals surface area contributed by atoms with Crippen molar-refractivity contribution in [2.24, 2.45) is 5.73 Å². The molecule has 0 aliphatic heterocycles. The van der Waals surface area contributed by atoms with Crippen LogP contribution in [0.1, 0.15) is 40.4 Å². The number of carbonyl (C=O) groups excluding carboxylic acids is 1. The first-order valence-corrected chi connectivity index (χ1v) is 10.9. The van der Waals surface area contributed by atoms with Crippen molar-refractivity contribution in [2.75, 3.05) is 18.4 Å². The number of sulfonamides is 1. The highest BCUT2D eigenvalue weighted by molar-refractivity contribution is 7.89. The molecule has 1 amide bonds. The van der Waals surface area contributed by atoms with Crippen molar-refractivity contribution >= 4 is 45.4 Å². The van der Waals surface area contributed by atoms with Gasteiger partial charge in [-0.15, -0.1) is 23.7 Å². The quantitative estimate of drug-likeness (QED) is 0.567. The molecule has 0 spiro atoms. The summed E-state index contributed by atoms with van der Waals surface area (Å²) in [4.78, 5) is 14.5. The fourth-order valence-corrected chi connectivity index (χ4v) is 4.87. The lowest BCUT2D eigenvalue weighted by Crippen LogP contribution is -2.29. The number of hydrogen-bond acceptors (Lipinski definition) is 5. The van der Waals surface area contributed by atoms with E-state index >= 15 is 0 Å². The highest BCUT2D eigenvalue weighted by Gasteiger charge is 2.16. The van der Waals surface area contributed by atoms with Gasteiger partial charge in [0.25, 0.3) is 5.91 Å². The van der Waals surface area contributed by atoms with Crippen LogP contribution in [0.2, 0.25) is 0 Å². The summed E-state index contributed by atoms with van der Waals surface area (Å²) in [6.45, 7) is 4.57. The molecule has 1 heterocycles. The molecule has 9 heteroatoms. The van der Waals surface area contributed by atoms with Gasteiger partial charge in [-0.2, -0.15) is 0 Å². The Balaban J connectivity index is 0.00000364. The number of hydrogen-bond donors (Lipinski definition) is 3. The molecule has 0 aliphatic rings. The minimum absolute atomic E-state index is 0. The van der Waals surface area contributed by atoms with Gasteiger partial charge in [0.2, 0.25) is 10.0 Å². The number of amides is 1. The molecule has 2 aromatic rings. The largest absolute Gasteiger partial charge is 0.329 e. The van der Waals surface area contributed by atoms with Crippen LogP contribution < -0.4 is 15.8 Å². The van der Waals surface area contributed by atoms with E-state index in [1.165, 1.54) is 33.9 Å². The summed E-state index contributed by atoms with van der Waals surface area (Å²) in [5.41, 5.74) is 6.98. The summed E-state index contributed by atoms with van der Waals surface area (Å²) in [7, 11) is -3.64. The molecule has 0 saturated heterocycles. The van der Waals surface area contributed by atoms with E-state index in [4.69, 9.17) is 5.73 Å². The first-order valence-electron chi connectivity index (χ1n) is 8.64. The number of nitrogens with two attached hydrogens (primary N) is 1. The number of carbonyl (C=O) groups is 1. The van der Waals surface area contributed by atoms with Gasteiger partial charge in [-0.1, -0.05) is 26.3 Å². The molecule has 27 heavy (non-hydrogen) atoms. The lowest BCUT2D eigenvalue weighted by Gasteiger charge is -2.08. The standard InChI is InChI=1S/C18H25N3O3S2.ClH/c1-3-6-16-13(4-2)11-17(25-16)18(22)21-14-7-5-8-15(12-14)26(23,24)20-10-9-19;/h5,7-8,11-12,20H,3-4,6,9-10,19H2,1-2H3,(H,21,22);1H. The van der Waals surface area contributed by atoms with Gasteiger partial charge in [0, 0.05) is 23.7 Å². The Labute approximate surface area is 171 Å². The molecule has 150 valence electrons. The normalized spacial score (nSPS) is 11.1. The molecular weight excluding hydrogens is 406 g/mol. The number of rotatable bonds is 9. The Kier molecular flexibility index (Phi) is 9.41. The van der Waals surface area contributed by atoms with Crippen LogP contribution in [0.4, 0.5) is 5.69 Å². The van der Waals surface area contributed by atoms with Crippen molar-refractivity contribution in [2.45, 2.75) is 38.0 Å². The van der Waals surface area contributed by atoms with Crippen LogP contribution in [-0.2, 0) is 22.9 Å². The fraction of sp³-hybridized carbons (Fsp3) is 0.389. The topological polar surface area (TPSA) is 101 Å². The van der Waals surface area contributed by atoms with Crippen molar-refractivity contribution in [3.8, 4) is 0 Å². The molecule has 0 radical (unpaired) electrons.